The predicted octanol–water partition coefficient (Wildman–Crippen LogP) is 6.36. The largest absolute Gasteiger partial charge is 0.382 e. The molecule has 2 aromatic carbocycles. The fourth-order valence-corrected chi connectivity index (χ4v) is 4.73. The van der Waals surface area contributed by atoms with Gasteiger partial charge in [0.1, 0.15) is 5.82 Å². The number of carbonyl (C=O) groups excluding carboxylic acids is 1. The van der Waals surface area contributed by atoms with Crippen molar-refractivity contribution in [3.05, 3.63) is 64.8 Å². The average molecular weight is 487 g/mol. The zero-order valence-electron chi connectivity index (χ0n) is 16.6. The van der Waals surface area contributed by atoms with Crippen LogP contribution in [0.15, 0.2) is 48.5 Å². The quantitative estimate of drug-likeness (QED) is 0.441. The van der Waals surface area contributed by atoms with E-state index in [0.29, 0.717) is 5.56 Å². The molecule has 3 aromatic rings. The summed E-state index contributed by atoms with van der Waals surface area (Å²) in [4.78, 5) is 12.4. The number of alkyl halides is 2. The Morgan fingerprint density at radius 3 is 2.26 bits per heavy atom. The first-order valence-electron chi connectivity index (χ1n) is 9.63. The topological polar surface area (TPSA) is 41.1 Å². The summed E-state index contributed by atoms with van der Waals surface area (Å²) in [5, 5.41) is 7.34. The van der Waals surface area contributed by atoms with E-state index in [1.807, 2.05) is 18.2 Å². The summed E-state index contributed by atoms with van der Waals surface area (Å²) in [5.74, 6) is -0.557. The van der Waals surface area contributed by atoms with Crippen molar-refractivity contribution < 1.29 is 18.0 Å². The van der Waals surface area contributed by atoms with Gasteiger partial charge < -0.3 is 10.6 Å². The molecule has 0 aliphatic heterocycles. The van der Waals surface area contributed by atoms with E-state index in [0.717, 1.165) is 52.8 Å². The van der Waals surface area contributed by atoms with Crippen LogP contribution < -0.4 is 10.6 Å². The SMILES string of the molecule is O=C(NC1CCC(Nc2cccc3sc(C(F)F)cc23)CC1)c1ccc(F)cc1.S.S. The fourth-order valence-electron chi connectivity index (χ4n) is 3.79. The van der Waals surface area contributed by atoms with Gasteiger partial charge in [-0.15, -0.1) is 11.3 Å². The Labute approximate surface area is 197 Å². The van der Waals surface area contributed by atoms with Crippen LogP contribution in [0.25, 0.3) is 10.1 Å². The standard InChI is InChI=1S/C22H21F3N2OS.2H2S/c23-14-6-4-13(5-7-14)22(28)27-16-10-8-15(9-11-16)26-18-2-1-3-19-17(18)12-20(29-19)21(24)25;;/h1-7,12,15-16,21,26H,8-11H2,(H,27,28);2*1H2. The van der Waals surface area contributed by atoms with E-state index in [1.165, 1.54) is 24.3 Å². The van der Waals surface area contributed by atoms with E-state index < -0.39 is 6.43 Å². The van der Waals surface area contributed by atoms with Gasteiger partial charge >= 0.3 is 0 Å². The van der Waals surface area contributed by atoms with Gasteiger partial charge in [-0.3, -0.25) is 4.79 Å². The molecule has 0 unspecified atom stereocenters. The molecule has 3 nitrogen and oxygen atoms in total. The third-order valence-electron chi connectivity index (χ3n) is 5.32. The lowest BCUT2D eigenvalue weighted by molar-refractivity contribution is 0.0926. The molecule has 4 rings (SSSR count). The minimum atomic E-state index is -2.46. The number of halogens is 3. The van der Waals surface area contributed by atoms with Gasteiger partial charge in [-0.2, -0.15) is 27.0 Å². The van der Waals surface area contributed by atoms with Crippen molar-refractivity contribution in [3.63, 3.8) is 0 Å². The summed E-state index contributed by atoms with van der Waals surface area (Å²) in [5.41, 5.74) is 1.33. The van der Waals surface area contributed by atoms with Crippen molar-refractivity contribution in [2.24, 2.45) is 0 Å². The van der Waals surface area contributed by atoms with E-state index in [-0.39, 0.29) is 55.7 Å². The summed E-state index contributed by atoms with van der Waals surface area (Å²) in [6.07, 6.45) is 0.937. The molecule has 1 fully saturated rings. The van der Waals surface area contributed by atoms with Crippen LogP contribution in [0.2, 0.25) is 0 Å². The first-order chi connectivity index (χ1) is 14.0. The maximum Gasteiger partial charge on any atom is 0.272 e. The van der Waals surface area contributed by atoms with Gasteiger partial charge in [0.2, 0.25) is 0 Å². The van der Waals surface area contributed by atoms with Crippen molar-refractivity contribution in [2.45, 2.75) is 44.2 Å². The molecule has 2 N–H and O–H groups in total. The summed E-state index contributed by atoms with van der Waals surface area (Å²) in [6, 6.07) is 13.1. The maximum absolute atomic E-state index is 13.0. The Hall–Kier alpha value is -1.84. The van der Waals surface area contributed by atoms with Crippen LogP contribution in [-0.4, -0.2) is 18.0 Å². The number of nitrogens with one attached hydrogen (secondary N) is 2. The van der Waals surface area contributed by atoms with Crippen LogP contribution in [0.4, 0.5) is 18.9 Å². The molecule has 1 aliphatic carbocycles. The Morgan fingerprint density at radius 1 is 0.968 bits per heavy atom. The van der Waals surface area contributed by atoms with Crippen molar-refractivity contribution >= 4 is 60.0 Å². The second-order valence-electron chi connectivity index (χ2n) is 7.34. The van der Waals surface area contributed by atoms with Crippen LogP contribution in [0.5, 0.6) is 0 Å². The third kappa shape index (κ3) is 6.11. The van der Waals surface area contributed by atoms with Gasteiger partial charge in [-0.25, -0.2) is 13.2 Å². The van der Waals surface area contributed by atoms with Gasteiger partial charge in [0, 0.05) is 33.4 Å². The highest BCUT2D eigenvalue weighted by molar-refractivity contribution is 7.59. The van der Waals surface area contributed by atoms with Crippen molar-refractivity contribution in [1.82, 2.24) is 5.32 Å². The number of hydrogen-bond acceptors (Lipinski definition) is 3. The van der Waals surface area contributed by atoms with E-state index >= 15 is 0 Å². The Balaban J connectivity index is 0.00000171. The van der Waals surface area contributed by atoms with Gasteiger partial charge in [-0.05, 0) is 68.1 Å². The highest BCUT2D eigenvalue weighted by atomic mass is 32.1. The molecule has 0 atom stereocenters. The van der Waals surface area contributed by atoms with E-state index in [1.54, 1.807) is 6.07 Å². The molecule has 0 spiro atoms. The Kier molecular flexibility index (Phi) is 9.14. The number of hydrogen-bond donors (Lipinski definition) is 2. The zero-order valence-corrected chi connectivity index (χ0v) is 19.4. The lowest BCUT2D eigenvalue weighted by atomic mass is 9.90. The lowest BCUT2D eigenvalue weighted by Crippen LogP contribution is -2.40. The molecule has 0 saturated heterocycles. The van der Waals surface area contributed by atoms with Gasteiger partial charge in [0.05, 0.1) is 4.88 Å². The van der Waals surface area contributed by atoms with Crippen molar-refractivity contribution in [1.29, 1.82) is 0 Å². The number of anilines is 1. The summed E-state index contributed by atoms with van der Waals surface area (Å²) in [6.45, 7) is 0. The van der Waals surface area contributed by atoms with Gasteiger partial charge in [0.15, 0.2) is 0 Å². The minimum Gasteiger partial charge on any atom is -0.382 e. The predicted molar refractivity (Wildman–Crippen MR) is 131 cm³/mol. The van der Waals surface area contributed by atoms with Gasteiger partial charge in [0.25, 0.3) is 12.3 Å². The molecular weight excluding hydrogens is 461 g/mol. The number of amides is 1. The van der Waals surface area contributed by atoms with Crippen LogP contribution in [0.1, 0.15) is 47.3 Å². The molecule has 1 amide bonds. The molecule has 1 aromatic heterocycles. The van der Waals surface area contributed by atoms with Gasteiger partial charge in [-0.1, -0.05) is 6.07 Å². The monoisotopic (exact) mass is 486 g/mol. The molecule has 1 saturated carbocycles. The number of fused-ring (bicyclic) bond motifs is 1. The second-order valence-corrected chi connectivity index (χ2v) is 8.46. The molecular formula is C22H25F3N2OS3. The number of carbonyl (C=O) groups is 1. The molecule has 0 radical (unpaired) electrons. The average Bonchev–Trinajstić information content (AvgIpc) is 3.16. The molecule has 168 valence electrons. The number of rotatable bonds is 5. The smallest absolute Gasteiger partial charge is 0.272 e. The Morgan fingerprint density at radius 2 is 1.61 bits per heavy atom. The fraction of sp³-hybridized carbons (Fsp3) is 0.318. The maximum atomic E-state index is 13.0. The van der Waals surface area contributed by atoms with Crippen LogP contribution >= 0.6 is 38.3 Å². The summed E-state index contributed by atoms with van der Waals surface area (Å²) < 4.78 is 39.9. The first-order valence-corrected chi connectivity index (χ1v) is 10.4. The number of benzene rings is 2. The second kappa shape index (κ2) is 11.2. The normalized spacial score (nSPS) is 18.2. The van der Waals surface area contributed by atoms with Crippen LogP contribution in [0, 0.1) is 5.82 Å². The molecule has 1 heterocycles. The highest BCUT2D eigenvalue weighted by Gasteiger charge is 2.23. The van der Waals surface area contributed by atoms with Crippen molar-refractivity contribution in [2.75, 3.05) is 5.32 Å². The highest BCUT2D eigenvalue weighted by Crippen LogP contribution is 2.37. The molecule has 0 bridgehead atoms. The van der Waals surface area contributed by atoms with E-state index in [9.17, 15) is 18.0 Å². The van der Waals surface area contributed by atoms with Crippen LogP contribution in [-0.2, 0) is 0 Å². The number of thiophene rings is 1. The van der Waals surface area contributed by atoms with E-state index in [4.69, 9.17) is 0 Å². The lowest BCUT2D eigenvalue weighted by Gasteiger charge is -2.30. The summed E-state index contributed by atoms with van der Waals surface area (Å²) in [7, 11) is 0. The first kappa shape index (κ1) is 25.4. The Bertz CT molecular complexity index is 1000. The van der Waals surface area contributed by atoms with Crippen LogP contribution in [0.3, 0.4) is 0 Å². The van der Waals surface area contributed by atoms with Crippen molar-refractivity contribution in [3.8, 4) is 0 Å². The zero-order chi connectivity index (χ0) is 20.4. The molecule has 31 heavy (non-hydrogen) atoms. The molecule has 9 heteroatoms. The summed E-state index contributed by atoms with van der Waals surface area (Å²) >= 11 is 1.13. The third-order valence-corrected chi connectivity index (χ3v) is 6.43. The minimum absolute atomic E-state index is 0. The molecule has 1 aliphatic rings. The van der Waals surface area contributed by atoms with E-state index in [2.05, 4.69) is 10.6 Å².